The molecule has 0 spiro atoms. The molecule has 1 amide bonds. The van der Waals surface area contributed by atoms with Gasteiger partial charge in [0.2, 0.25) is 0 Å². The van der Waals surface area contributed by atoms with E-state index >= 15 is 0 Å². The van der Waals surface area contributed by atoms with E-state index in [9.17, 15) is 4.79 Å². The van der Waals surface area contributed by atoms with Gasteiger partial charge in [-0.15, -0.1) is 0 Å². The van der Waals surface area contributed by atoms with Crippen LogP contribution in [-0.2, 0) is 0 Å². The van der Waals surface area contributed by atoms with Crippen molar-refractivity contribution in [3.05, 3.63) is 34.9 Å². The number of carbonyl (C=O) groups is 1. The van der Waals surface area contributed by atoms with E-state index in [-0.39, 0.29) is 11.9 Å². The lowest BCUT2D eigenvalue weighted by molar-refractivity contribution is 0.0710. The topological polar surface area (TPSA) is 44.1 Å². The van der Waals surface area contributed by atoms with Gasteiger partial charge in [0, 0.05) is 18.2 Å². The Bertz CT molecular complexity index is 452. The Hall–Kier alpha value is -1.82. The van der Waals surface area contributed by atoms with Gasteiger partial charge >= 0.3 is 0 Å². The molecule has 0 unspecified atom stereocenters. The molecule has 96 valence electrons. The average molecular weight is 244 g/mol. The van der Waals surface area contributed by atoms with Crippen molar-refractivity contribution in [2.45, 2.75) is 40.2 Å². The number of nitrogens with zero attached hydrogens (tertiary/aromatic N) is 2. The maximum absolute atomic E-state index is 12.4. The molecule has 0 aliphatic heterocycles. The van der Waals surface area contributed by atoms with E-state index in [0.29, 0.717) is 18.5 Å². The second kappa shape index (κ2) is 6.20. The Morgan fingerprint density at radius 3 is 2.28 bits per heavy atom. The largest absolute Gasteiger partial charge is 0.335 e. The van der Waals surface area contributed by atoms with Crippen LogP contribution in [0.4, 0.5) is 0 Å². The quantitative estimate of drug-likeness (QED) is 0.817. The van der Waals surface area contributed by atoms with Gasteiger partial charge in [-0.25, -0.2) is 0 Å². The second-order valence-corrected chi connectivity index (χ2v) is 4.88. The van der Waals surface area contributed by atoms with E-state index in [0.717, 1.165) is 11.1 Å². The molecule has 18 heavy (non-hydrogen) atoms. The molecule has 3 heteroatoms. The standard InChI is InChI=1S/C15H20N2O/c1-11(2)17(7-5-6-16)15(18)14-9-12(3)8-13(4)10-14/h8-11H,5,7H2,1-4H3. The van der Waals surface area contributed by atoms with Crippen LogP contribution in [0.3, 0.4) is 0 Å². The van der Waals surface area contributed by atoms with Crippen LogP contribution >= 0.6 is 0 Å². The fraction of sp³-hybridized carbons (Fsp3) is 0.467. The van der Waals surface area contributed by atoms with Gasteiger partial charge in [0.15, 0.2) is 0 Å². The summed E-state index contributed by atoms with van der Waals surface area (Å²) in [5.41, 5.74) is 2.88. The Labute approximate surface area is 109 Å². The van der Waals surface area contributed by atoms with Crippen molar-refractivity contribution in [1.82, 2.24) is 4.90 Å². The van der Waals surface area contributed by atoms with Crippen LogP contribution in [0.15, 0.2) is 18.2 Å². The van der Waals surface area contributed by atoms with Gasteiger partial charge in [-0.1, -0.05) is 17.2 Å². The molecule has 0 atom stereocenters. The summed E-state index contributed by atoms with van der Waals surface area (Å²) in [6, 6.07) is 8.04. The van der Waals surface area contributed by atoms with Crippen molar-refractivity contribution in [3.8, 4) is 6.07 Å². The van der Waals surface area contributed by atoms with Crippen LogP contribution in [0.25, 0.3) is 0 Å². The maximum Gasteiger partial charge on any atom is 0.254 e. The van der Waals surface area contributed by atoms with E-state index in [1.54, 1.807) is 4.90 Å². The Balaban J connectivity index is 2.98. The van der Waals surface area contributed by atoms with Gasteiger partial charge in [-0.3, -0.25) is 4.79 Å². The molecule has 0 fully saturated rings. The minimum Gasteiger partial charge on any atom is -0.335 e. The van der Waals surface area contributed by atoms with E-state index in [1.165, 1.54) is 0 Å². The SMILES string of the molecule is Cc1cc(C)cc(C(=O)N(CCC#N)C(C)C)c1. The highest BCUT2D eigenvalue weighted by molar-refractivity contribution is 5.94. The van der Waals surface area contributed by atoms with Gasteiger partial charge in [0.1, 0.15) is 0 Å². The van der Waals surface area contributed by atoms with Crippen molar-refractivity contribution in [3.63, 3.8) is 0 Å². The lowest BCUT2D eigenvalue weighted by Crippen LogP contribution is -2.37. The highest BCUT2D eigenvalue weighted by Gasteiger charge is 2.18. The molecule has 0 bridgehead atoms. The predicted molar refractivity (Wildman–Crippen MR) is 72.3 cm³/mol. The van der Waals surface area contributed by atoms with Gasteiger partial charge in [-0.2, -0.15) is 5.26 Å². The first-order chi connectivity index (χ1) is 8.45. The van der Waals surface area contributed by atoms with Crippen LogP contribution in [0, 0.1) is 25.2 Å². The summed E-state index contributed by atoms with van der Waals surface area (Å²) < 4.78 is 0. The van der Waals surface area contributed by atoms with Crippen LogP contribution in [0.2, 0.25) is 0 Å². The Kier molecular flexibility index (Phi) is 4.91. The van der Waals surface area contributed by atoms with Crippen molar-refractivity contribution >= 4 is 5.91 Å². The highest BCUT2D eigenvalue weighted by Crippen LogP contribution is 2.13. The van der Waals surface area contributed by atoms with Crippen molar-refractivity contribution in [1.29, 1.82) is 5.26 Å². The van der Waals surface area contributed by atoms with Crippen LogP contribution in [-0.4, -0.2) is 23.4 Å². The average Bonchev–Trinajstić information content (AvgIpc) is 2.27. The Morgan fingerprint density at radius 1 is 1.28 bits per heavy atom. The third-order valence-corrected chi connectivity index (χ3v) is 2.82. The van der Waals surface area contributed by atoms with E-state index in [1.807, 2.05) is 45.9 Å². The zero-order valence-corrected chi connectivity index (χ0v) is 11.5. The molecule has 0 saturated carbocycles. The molecular weight excluding hydrogens is 224 g/mol. The number of amides is 1. The molecule has 0 radical (unpaired) electrons. The molecule has 0 aliphatic rings. The number of aryl methyl sites for hydroxylation is 2. The number of benzene rings is 1. The first-order valence-corrected chi connectivity index (χ1v) is 6.22. The lowest BCUT2D eigenvalue weighted by Gasteiger charge is -2.26. The van der Waals surface area contributed by atoms with E-state index < -0.39 is 0 Å². The second-order valence-electron chi connectivity index (χ2n) is 4.88. The monoisotopic (exact) mass is 244 g/mol. The Morgan fingerprint density at radius 2 is 1.83 bits per heavy atom. The van der Waals surface area contributed by atoms with Gasteiger partial charge in [0.25, 0.3) is 5.91 Å². The summed E-state index contributed by atoms with van der Waals surface area (Å²) in [5.74, 6) is 0.00653. The minimum atomic E-state index is 0.00653. The highest BCUT2D eigenvalue weighted by atomic mass is 16.2. The number of hydrogen-bond acceptors (Lipinski definition) is 2. The molecule has 0 aromatic heterocycles. The number of rotatable bonds is 4. The summed E-state index contributed by atoms with van der Waals surface area (Å²) in [6.45, 7) is 8.40. The molecule has 1 aromatic carbocycles. The molecule has 0 aliphatic carbocycles. The molecule has 0 saturated heterocycles. The van der Waals surface area contributed by atoms with Gasteiger partial charge in [-0.05, 0) is 39.8 Å². The fourth-order valence-corrected chi connectivity index (χ4v) is 2.03. The third-order valence-electron chi connectivity index (χ3n) is 2.82. The van der Waals surface area contributed by atoms with Crippen LogP contribution in [0.5, 0.6) is 0 Å². The number of hydrogen-bond donors (Lipinski definition) is 0. The van der Waals surface area contributed by atoms with Crippen molar-refractivity contribution in [2.75, 3.05) is 6.54 Å². The van der Waals surface area contributed by atoms with E-state index in [4.69, 9.17) is 5.26 Å². The molecule has 1 aromatic rings. The summed E-state index contributed by atoms with van der Waals surface area (Å²) in [5, 5.41) is 8.65. The summed E-state index contributed by atoms with van der Waals surface area (Å²) in [4.78, 5) is 14.2. The zero-order chi connectivity index (χ0) is 13.7. The van der Waals surface area contributed by atoms with Gasteiger partial charge in [0.05, 0.1) is 12.5 Å². The molecule has 1 rings (SSSR count). The molecule has 0 N–H and O–H groups in total. The minimum absolute atomic E-state index is 0.00653. The van der Waals surface area contributed by atoms with Gasteiger partial charge < -0.3 is 4.90 Å². The lowest BCUT2D eigenvalue weighted by atomic mass is 10.1. The smallest absolute Gasteiger partial charge is 0.254 e. The number of carbonyl (C=O) groups excluding carboxylic acids is 1. The summed E-state index contributed by atoms with van der Waals surface area (Å²) >= 11 is 0. The zero-order valence-electron chi connectivity index (χ0n) is 11.5. The third kappa shape index (κ3) is 3.59. The van der Waals surface area contributed by atoms with Crippen molar-refractivity contribution < 1.29 is 4.79 Å². The summed E-state index contributed by atoms with van der Waals surface area (Å²) in [7, 11) is 0. The predicted octanol–water partition coefficient (Wildman–Crippen LogP) is 3.07. The maximum atomic E-state index is 12.4. The molecule has 3 nitrogen and oxygen atoms in total. The van der Waals surface area contributed by atoms with Crippen LogP contribution in [0.1, 0.15) is 41.8 Å². The van der Waals surface area contributed by atoms with Crippen LogP contribution < -0.4 is 0 Å². The molecular formula is C15H20N2O. The first kappa shape index (κ1) is 14.2. The normalized spacial score (nSPS) is 10.2. The fourth-order valence-electron chi connectivity index (χ4n) is 2.03. The van der Waals surface area contributed by atoms with E-state index in [2.05, 4.69) is 6.07 Å². The first-order valence-electron chi connectivity index (χ1n) is 6.22. The van der Waals surface area contributed by atoms with Crippen molar-refractivity contribution in [2.24, 2.45) is 0 Å². The molecule has 0 heterocycles. The summed E-state index contributed by atoms with van der Waals surface area (Å²) in [6.07, 6.45) is 0.370. The number of nitriles is 1.